The number of ether oxygens (including phenoxy) is 2. The predicted octanol–water partition coefficient (Wildman–Crippen LogP) is 3.44. The summed E-state index contributed by atoms with van der Waals surface area (Å²) in [6.45, 7) is 3.73. The fraction of sp³-hybridized carbons (Fsp3) is 0.625. The van der Waals surface area contributed by atoms with Gasteiger partial charge < -0.3 is 14.8 Å². The van der Waals surface area contributed by atoms with Gasteiger partial charge in [0.1, 0.15) is 11.6 Å². The van der Waals surface area contributed by atoms with E-state index in [-0.39, 0.29) is 11.9 Å². The molecule has 2 unspecified atom stereocenters. The average Bonchev–Trinajstić information content (AvgIpc) is 2.97. The Morgan fingerprint density at radius 3 is 2.95 bits per heavy atom. The molecule has 1 fully saturated rings. The molecule has 1 aromatic rings. The SMILES string of the molecule is CCNC(CCC1CCCO1)c1ccc(OC)cc1F. The van der Waals surface area contributed by atoms with E-state index in [1.807, 2.05) is 19.1 Å². The topological polar surface area (TPSA) is 30.5 Å². The maximum Gasteiger partial charge on any atom is 0.131 e. The van der Waals surface area contributed by atoms with Crippen molar-refractivity contribution in [3.05, 3.63) is 29.6 Å². The molecule has 1 heterocycles. The number of hydrogen-bond acceptors (Lipinski definition) is 3. The molecule has 1 saturated heterocycles. The summed E-state index contributed by atoms with van der Waals surface area (Å²) in [5, 5.41) is 3.36. The van der Waals surface area contributed by atoms with Crippen LogP contribution in [0.3, 0.4) is 0 Å². The molecule has 1 aromatic carbocycles. The molecule has 1 aliphatic rings. The molecular formula is C16H24FNO2. The highest BCUT2D eigenvalue weighted by Crippen LogP contribution is 2.27. The molecule has 0 aliphatic carbocycles. The third kappa shape index (κ3) is 3.93. The Balaban J connectivity index is 2.02. The first-order valence-electron chi connectivity index (χ1n) is 7.43. The van der Waals surface area contributed by atoms with Gasteiger partial charge in [0, 0.05) is 24.3 Å². The Bertz CT molecular complexity index is 419. The van der Waals surface area contributed by atoms with E-state index in [9.17, 15) is 4.39 Å². The van der Waals surface area contributed by atoms with Crippen LogP contribution in [0.4, 0.5) is 4.39 Å². The monoisotopic (exact) mass is 281 g/mol. The Morgan fingerprint density at radius 2 is 2.35 bits per heavy atom. The fourth-order valence-corrected chi connectivity index (χ4v) is 2.76. The maximum absolute atomic E-state index is 14.2. The van der Waals surface area contributed by atoms with Crippen molar-refractivity contribution in [3.8, 4) is 5.75 Å². The summed E-state index contributed by atoms with van der Waals surface area (Å²) in [5.74, 6) is 0.350. The van der Waals surface area contributed by atoms with E-state index >= 15 is 0 Å². The van der Waals surface area contributed by atoms with E-state index in [0.717, 1.165) is 38.8 Å². The van der Waals surface area contributed by atoms with Crippen LogP contribution < -0.4 is 10.1 Å². The van der Waals surface area contributed by atoms with Gasteiger partial charge in [-0.25, -0.2) is 4.39 Å². The third-order valence-corrected chi connectivity index (χ3v) is 3.83. The number of benzene rings is 1. The summed E-state index contributed by atoms with van der Waals surface area (Å²) < 4.78 is 24.9. The van der Waals surface area contributed by atoms with Gasteiger partial charge in [-0.2, -0.15) is 0 Å². The molecule has 0 aromatic heterocycles. The lowest BCUT2D eigenvalue weighted by molar-refractivity contribution is 0.0995. The molecule has 1 aliphatic heterocycles. The highest BCUT2D eigenvalue weighted by Gasteiger charge is 2.20. The Labute approximate surface area is 120 Å². The first kappa shape index (κ1) is 15.3. The summed E-state index contributed by atoms with van der Waals surface area (Å²) >= 11 is 0. The van der Waals surface area contributed by atoms with E-state index in [4.69, 9.17) is 9.47 Å². The summed E-state index contributed by atoms with van der Waals surface area (Å²) in [6.07, 6.45) is 4.49. The van der Waals surface area contributed by atoms with Gasteiger partial charge in [-0.1, -0.05) is 13.0 Å². The number of halogens is 1. The smallest absolute Gasteiger partial charge is 0.131 e. The van der Waals surface area contributed by atoms with Crippen molar-refractivity contribution in [3.63, 3.8) is 0 Å². The zero-order valence-electron chi connectivity index (χ0n) is 12.3. The molecule has 2 atom stereocenters. The second-order valence-corrected chi connectivity index (χ2v) is 5.21. The molecule has 3 nitrogen and oxygen atoms in total. The van der Waals surface area contributed by atoms with Crippen LogP contribution in [0.2, 0.25) is 0 Å². The maximum atomic E-state index is 14.2. The molecule has 0 bridgehead atoms. The zero-order valence-corrected chi connectivity index (χ0v) is 12.3. The number of nitrogens with one attached hydrogen (secondary N) is 1. The van der Waals surface area contributed by atoms with Crippen molar-refractivity contribution in [2.24, 2.45) is 0 Å². The molecule has 1 N–H and O–H groups in total. The van der Waals surface area contributed by atoms with E-state index in [1.165, 1.54) is 6.07 Å². The van der Waals surface area contributed by atoms with Gasteiger partial charge in [0.2, 0.25) is 0 Å². The number of hydrogen-bond donors (Lipinski definition) is 1. The summed E-state index contributed by atoms with van der Waals surface area (Å²) in [7, 11) is 1.55. The average molecular weight is 281 g/mol. The minimum absolute atomic E-state index is 0.0371. The lowest BCUT2D eigenvalue weighted by atomic mass is 9.98. The van der Waals surface area contributed by atoms with Crippen LogP contribution >= 0.6 is 0 Å². The minimum Gasteiger partial charge on any atom is -0.497 e. The van der Waals surface area contributed by atoms with Crippen molar-refractivity contribution >= 4 is 0 Å². The molecule has 0 saturated carbocycles. The van der Waals surface area contributed by atoms with E-state index < -0.39 is 0 Å². The molecule has 4 heteroatoms. The van der Waals surface area contributed by atoms with Crippen molar-refractivity contribution in [1.29, 1.82) is 0 Å². The summed E-state index contributed by atoms with van der Waals surface area (Å²) in [4.78, 5) is 0. The van der Waals surface area contributed by atoms with Gasteiger partial charge in [0.05, 0.1) is 13.2 Å². The van der Waals surface area contributed by atoms with Gasteiger partial charge in [0.15, 0.2) is 0 Å². The lowest BCUT2D eigenvalue weighted by Gasteiger charge is -2.21. The van der Waals surface area contributed by atoms with Crippen LogP contribution in [0.25, 0.3) is 0 Å². The van der Waals surface area contributed by atoms with Crippen LogP contribution in [-0.2, 0) is 4.74 Å². The molecule has 112 valence electrons. The molecule has 2 rings (SSSR count). The van der Waals surface area contributed by atoms with Gasteiger partial charge in [0.25, 0.3) is 0 Å². The van der Waals surface area contributed by atoms with E-state index in [0.29, 0.717) is 17.4 Å². The molecular weight excluding hydrogens is 257 g/mol. The minimum atomic E-state index is -0.206. The Hall–Kier alpha value is -1.13. The van der Waals surface area contributed by atoms with Crippen molar-refractivity contribution < 1.29 is 13.9 Å². The summed E-state index contributed by atoms with van der Waals surface area (Å²) in [5.41, 5.74) is 0.714. The normalized spacial score (nSPS) is 20.1. The van der Waals surface area contributed by atoms with Gasteiger partial charge in [-0.3, -0.25) is 0 Å². The van der Waals surface area contributed by atoms with Crippen molar-refractivity contribution in [1.82, 2.24) is 5.32 Å². The van der Waals surface area contributed by atoms with E-state index in [1.54, 1.807) is 7.11 Å². The number of methoxy groups -OCH3 is 1. The Kier molecular flexibility index (Phi) is 5.80. The van der Waals surface area contributed by atoms with Crippen LogP contribution in [0.15, 0.2) is 18.2 Å². The third-order valence-electron chi connectivity index (χ3n) is 3.83. The first-order chi connectivity index (χ1) is 9.74. The van der Waals surface area contributed by atoms with Gasteiger partial charge >= 0.3 is 0 Å². The van der Waals surface area contributed by atoms with Gasteiger partial charge in [-0.15, -0.1) is 0 Å². The van der Waals surface area contributed by atoms with E-state index in [2.05, 4.69) is 5.32 Å². The zero-order chi connectivity index (χ0) is 14.4. The van der Waals surface area contributed by atoms with Crippen molar-refractivity contribution in [2.75, 3.05) is 20.3 Å². The second-order valence-electron chi connectivity index (χ2n) is 5.21. The molecule has 0 radical (unpaired) electrons. The van der Waals surface area contributed by atoms with Crippen molar-refractivity contribution in [2.45, 2.75) is 44.8 Å². The number of rotatable bonds is 7. The standard InChI is InChI=1S/C16H24FNO2/c1-3-18-16(9-7-12-5-4-10-20-12)14-8-6-13(19-2)11-15(14)17/h6,8,11-12,16,18H,3-5,7,9-10H2,1-2H3. The Morgan fingerprint density at radius 1 is 1.50 bits per heavy atom. The second kappa shape index (κ2) is 7.60. The highest BCUT2D eigenvalue weighted by molar-refractivity contribution is 5.30. The quantitative estimate of drug-likeness (QED) is 0.830. The van der Waals surface area contributed by atoms with Crippen LogP contribution in [0.5, 0.6) is 5.75 Å². The molecule has 0 spiro atoms. The predicted molar refractivity (Wildman–Crippen MR) is 77.6 cm³/mol. The molecule has 0 amide bonds. The molecule has 20 heavy (non-hydrogen) atoms. The highest BCUT2D eigenvalue weighted by atomic mass is 19.1. The van der Waals surface area contributed by atoms with Crippen LogP contribution in [0, 0.1) is 5.82 Å². The lowest BCUT2D eigenvalue weighted by Crippen LogP contribution is -2.23. The van der Waals surface area contributed by atoms with Gasteiger partial charge in [-0.05, 0) is 38.3 Å². The fourth-order valence-electron chi connectivity index (χ4n) is 2.76. The largest absolute Gasteiger partial charge is 0.497 e. The first-order valence-corrected chi connectivity index (χ1v) is 7.43. The van der Waals surface area contributed by atoms with Crippen LogP contribution in [0.1, 0.15) is 44.2 Å². The van der Waals surface area contributed by atoms with Crippen LogP contribution in [-0.4, -0.2) is 26.4 Å². The summed E-state index contributed by atoms with van der Waals surface area (Å²) in [6, 6.07) is 5.12.